The quantitative estimate of drug-likeness (QED) is 0.616. The molecule has 0 radical (unpaired) electrons. The van der Waals surface area contributed by atoms with Crippen molar-refractivity contribution < 1.29 is 4.39 Å². The number of nitrogens with one attached hydrogen (secondary N) is 1. The number of anilines is 2. The lowest BCUT2D eigenvalue weighted by Crippen LogP contribution is -2.35. The number of aromatic nitrogens is 2. The summed E-state index contributed by atoms with van der Waals surface area (Å²) in [6.45, 7) is 4.00. The summed E-state index contributed by atoms with van der Waals surface area (Å²) >= 11 is 0. The van der Waals surface area contributed by atoms with Gasteiger partial charge in [-0.25, -0.2) is 15.2 Å². The minimum Gasteiger partial charge on any atom is -0.352 e. The van der Waals surface area contributed by atoms with Crippen molar-refractivity contribution >= 4 is 11.8 Å². The summed E-state index contributed by atoms with van der Waals surface area (Å²) in [6.07, 6.45) is 4.79. The van der Waals surface area contributed by atoms with E-state index < -0.39 is 0 Å². The maximum atomic E-state index is 13.8. The van der Waals surface area contributed by atoms with Crippen molar-refractivity contribution in [2.24, 2.45) is 5.84 Å². The summed E-state index contributed by atoms with van der Waals surface area (Å²) in [5.41, 5.74) is 2.36. The molecule has 1 aromatic heterocycles. The van der Waals surface area contributed by atoms with Crippen molar-refractivity contribution in [3.8, 4) is 0 Å². The van der Waals surface area contributed by atoms with Crippen LogP contribution in [-0.2, 0) is 0 Å². The zero-order chi connectivity index (χ0) is 13.2. The molecule has 0 aliphatic carbocycles. The molecule has 0 aromatic carbocycles. The molecule has 0 amide bonds. The third-order valence-corrected chi connectivity index (χ3v) is 3.97. The predicted molar refractivity (Wildman–Crippen MR) is 71.2 cm³/mol. The summed E-state index contributed by atoms with van der Waals surface area (Å²) < 4.78 is 13.8. The molecule has 6 nitrogen and oxygen atoms in total. The number of hydrogen-bond acceptors (Lipinski definition) is 6. The minimum atomic E-state index is -0.388. The largest absolute Gasteiger partial charge is 0.352 e. The van der Waals surface area contributed by atoms with Crippen LogP contribution in [0, 0.1) is 5.82 Å². The van der Waals surface area contributed by atoms with Crippen LogP contribution >= 0.6 is 0 Å². The van der Waals surface area contributed by atoms with Gasteiger partial charge in [0.2, 0.25) is 5.95 Å². The zero-order valence-corrected chi connectivity index (χ0v) is 10.8. The number of hydrogen-bond donors (Lipinski definition) is 2. The van der Waals surface area contributed by atoms with Crippen LogP contribution in [0.4, 0.5) is 16.2 Å². The van der Waals surface area contributed by atoms with Crippen LogP contribution < -0.4 is 16.2 Å². The Balaban J connectivity index is 1.73. The van der Waals surface area contributed by atoms with Gasteiger partial charge in [-0.15, -0.1) is 0 Å². The Hall–Kier alpha value is -1.47. The van der Waals surface area contributed by atoms with Gasteiger partial charge in [-0.1, -0.05) is 0 Å². The van der Waals surface area contributed by atoms with Gasteiger partial charge in [0, 0.05) is 19.1 Å². The fourth-order valence-corrected chi connectivity index (χ4v) is 2.99. The highest BCUT2D eigenvalue weighted by Crippen LogP contribution is 2.26. The number of nitrogen functional groups attached to an aromatic ring is 1. The Morgan fingerprint density at radius 1 is 1.32 bits per heavy atom. The lowest BCUT2D eigenvalue weighted by Gasteiger charge is -2.24. The number of halogens is 1. The van der Waals surface area contributed by atoms with E-state index in [1.807, 2.05) is 4.90 Å². The predicted octanol–water partition coefficient (Wildman–Crippen LogP) is 0.576. The molecule has 0 saturated carbocycles. The first kappa shape index (κ1) is 12.6. The van der Waals surface area contributed by atoms with Crippen molar-refractivity contribution in [1.29, 1.82) is 0 Å². The molecular formula is C12H19FN6. The molecule has 3 rings (SSSR count). The smallest absolute Gasteiger partial charge is 0.239 e. The monoisotopic (exact) mass is 266 g/mol. The van der Waals surface area contributed by atoms with E-state index >= 15 is 0 Å². The van der Waals surface area contributed by atoms with Crippen molar-refractivity contribution in [3.63, 3.8) is 0 Å². The molecule has 1 atom stereocenters. The summed E-state index contributed by atoms with van der Waals surface area (Å²) in [4.78, 5) is 12.4. The maximum absolute atomic E-state index is 13.8. The fraction of sp³-hybridized carbons (Fsp3) is 0.667. The molecule has 2 aliphatic rings. The highest BCUT2D eigenvalue weighted by molar-refractivity contribution is 5.44. The standard InChI is InChI=1S/C12H19FN6/c13-10-7-15-12(17-14)16-11(10)19-6-3-9(8-19)18-4-1-2-5-18/h7,9H,1-6,8,14H2,(H,15,16,17). The van der Waals surface area contributed by atoms with Gasteiger partial charge < -0.3 is 4.90 Å². The van der Waals surface area contributed by atoms with Crippen molar-refractivity contribution in [1.82, 2.24) is 14.9 Å². The molecule has 1 unspecified atom stereocenters. The van der Waals surface area contributed by atoms with E-state index in [9.17, 15) is 4.39 Å². The SMILES string of the molecule is NNc1ncc(F)c(N2CCC(N3CCCC3)C2)n1. The third-order valence-electron chi connectivity index (χ3n) is 3.97. The van der Waals surface area contributed by atoms with E-state index in [0.29, 0.717) is 11.9 Å². The lowest BCUT2D eigenvalue weighted by molar-refractivity contribution is 0.260. The van der Waals surface area contributed by atoms with E-state index in [0.717, 1.165) is 19.5 Å². The number of rotatable bonds is 3. The molecule has 0 bridgehead atoms. The highest BCUT2D eigenvalue weighted by Gasteiger charge is 2.31. The molecular weight excluding hydrogens is 247 g/mol. The average molecular weight is 266 g/mol. The van der Waals surface area contributed by atoms with Crippen LogP contribution in [-0.4, -0.2) is 47.1 Å². The normalized spacial score (nSPS) is 24.1. The first-order valence-electron chi connectivity index (χ1n) is 6.76. The van der Waals surface area contributed by atoms with Gasteiger partial charge in [-0.3, -0.25) is 10.3 Å². The van der Waals surface area contributed by atoms with E-state index in [2.05, 4.69) is 20.3 Å². The maximum Gasteiger partial charge on any atom is 0.239 e. The molecule has 2 fully saturated rings. The van der Waals surface area contributed by atoms with Gasteiger partial charge >= 0.3 is 0 Å². The molecule has 104 valence electrons. The van der Waals surface area contributed by atoms with Crippen LogP contribution in [0.5, 0.6) is 0 Å². The lowest BCUT2D eigenvalue weighted by atomic mass is 10.2. The van der Waals surface area contributed by atoms with Crippen molar-refractivity contribution in [2.75, 3.05) is 36.5 Å². The second-order valence-electron chi connectivity index (χ2n) is 5.14. The topological polar surface area (TPSA) is 70.3 Å². The van der Waals surface area contributed by atoms with Gasteiger partial charge in [0.25, 0.3) is 0 Å². The molecule has 2 aliphatic heterocycles. The molecule has 19 heavy (non-hydrogen) atoms. The molecule has 3 N–H and O–H groups in total. The third kappa shape index (κ3) is 2.48. The van der Waals surface area contributed by atoms with Crippen molar-refractivity contribution in [3.05, 3.63) is 12.0 Å². The number of hydrazine groups is 1. The number of likely N-dealkylation sites (tertiary alicyclic amines) is 1. The van der Waals surface area contributed by atoms with Crippen molar-refractivity contribution in [2.45, 2.75) is 25.3 Å². The summed E-state index contributed by atoms with van der Waals surface area (Å²) in [5, 5.41) is 0. The van der Waals surface area contributed by atoms with Crippen LogP contribution in [0.25, 0.3) is 0 Å². The van der Waals surface area contributed by atoms with Crippen LogP contribution in [0.2, 0.25) is 0 Å². The highest BCUT2D eigenvalue weighted by atomic mass is 19.1. The second-order valence-corrected chi connectivity index (χ2v) is 5.14. The van der Waals surface area contributed by atoms with Gasteiger partial charge in [0.1, 0.15) is 0 Å². The minimum absolute atomic E-state index is 0.251. The summed E-state index contributed by atoms with van der Waals surface area (Å²) in [6, 6.07) is 0.520. The number of nitrogens with zero attached hydrogens (tertiary/aromatic N) is 4. The summed E-state index contributed by atoms with van der Waals surface area (Å²) in [5.74, 6) is 5.48. The molecule has 3 heterocycles. The molecule has 2 saturated heterocycles. The Morgan fingerprint density at radius 2 is 2.11 bits per heavy atom. The Bertz CT molecular complexity index is 448. The Kier molecular flexibility index (Phi) is 3.48. The van der Waals surface area contributed by atoms with Gasteiger partial charge in [0.05, 0.1) is 6.20 Å². The van der Waals surface area contributed by atoms with E-state index in [1.54, 1.807) is 0 Å². The first-order chi connectivity index (χ1) is 9.28. The first-order valence-corrected chi connectivity index (χ1v) is 6.76. The molecule has 0 spiro atoms. The Labute approximate surface area is 111 Å². The van der Waals surface area contributed by atoms with Crippen LogP contribution in [0.15, 0.2) is 6.20 Å². The van der Waals surface area contributed by atoms with Crippen LogP contribution in [0.3, 0.4) is 0 Å². The van der Waals surface area contributed by atoms with Gasteiger partial charge in [-0.2, -0.15) is 4.98 Å². The van der Waals surface area contributed by atoms with Gasteiger partial charge in [-0.05, 0) is 32.4 Å². The average Bonchev–Trinajstić information content (AvgIpc) is 3.10. The van der Waals surface area contributed by atoms with E-state index in [1.165, 1.54) is 32.1 Å². The van der Waals surface area contributed by atoms with Gasteiger partial charge in [0.15, 0.2) is 11.6 Å². The Morgan fingerprint density at radius 3 is 2.84 bits per heavy atom. The number of nitrogens with two attached hydrogens (primary N) is 1. The zero-order valence-electron chi connectivity index (χ0n) is 10.8. The van der Waals surface area contributed by atoms with E-state index in [4.69, 9.17) is 5.84 Å². The summed E-state index contributed by atoms with van der Waals surface area (Å²) in [7, 11) is 0. The van der Waals surface area contributed by atoms with Crippen LogP contribution in [0.1, 0.15) is 19.3 Å². The second kappa shape index (κ2) is 5.26. The fourth-order valence-electron chi connectivity index (χ4n) is 2.99. The molecule has 7 heteroatoms. The molecule has 1 aromatic rings. The van der Waals surface area contributed by atoms with E-state index in [-0.39, 0.29) is 11.8 Å².